The number of nitrogens with zero attached hydrogens (tertiary/aromatic N) is 2. The van der Waals surface area contributed by atoms with Crippen molar-refractivity contribution >= 4 is 63.9 Å². The first-order chi connectivity index (χ1) is 24.3. The smallest absolute Gasteiger partial charge is 0.272 e. The summed E-state index contributed by atoms with van der Waals surface area (Å²) in [5.41, 5.74) is 3.18. The Kier molecular flexibility index (Phi) is 9.04. The zero-order valence-corrected chi connectivity index (χ0v) is 27.0. The van der Waals surface area contributed by atoms with Gasteiger partial charge in [0.25, 0.3) is 11.8 Å². The summed E-state index contributed by atoms with van der Waals surface area (Å²) in [6.45, 7) is 0. The number of para-hydroxylation sites is 2. The molecular weight excluding hydrogens is 656 g/mol. The van der Waals surface area contributed by atoms with Crippen molar-refractivity contribution in [3.63, 3.8) is 0 Å². The average molecular weight is 683 g/mol. The summed E-state index contributed by atoms with van der Waals surface area (Å²) in [4.78, 5) is 59.2. The molecule has 7 rings (SSSR count). The van der Waals surface area contributed by atoms with Gasteiger partial charge in [0.05, 0.1) is 10.9 Å². The number of oxazole rings is 1. The molecule has 0 radical (unpaired) electrons. The Morgan fingerprint density at radius 1 is 0.860 bits per heavy atom. The normalized spacial score (nSPS) is 14.6. The summed E-state index contributed by atoms with van der Waals surface area (Å²) in [7, 11) is 0. The number of benzene rings is 5. The second-order valence-electron chi connectivity index (χ2n) is 11.3. The standard InChI is InChI=1S/C39H27FN4O5S/c40-30-14-5-4-11-26(30)21-32(42-36(46)24-9-2-1-3-10-24)37(47)41-27-12-8-13-29(22-27)50-34-23-35(45)44(39(34)48)28-19-17-25(18-20-28)38-43-31-15-6-7-16-33(31)49-38/h1-22,34H,23H2,(H,41,47)(H,42,46). The summed E-state index contributed by atoms with van der Waals surface area (Å²) < 4.78 is 20.3. The summed E-state index contributed by atoms with van der Waals surface area (Å²) in [5, 5.41) is 4.66. The molecule has 2 heterocycles. The second-order valence-corrected chi connectivity index (χ2v) is 12.6. The molecule has 1 saturated heterocycles. The predicted octanol–water partition coefficient (Wildman–Crippen LogP) is 7.47. The molecule has 1 aliphatic heterocycles. The van der Waals surface area contributed by atoms with E-state index >= 15 is 0 Å². The van der Waals surface area contributed by atoms with Crippen molar-refractivity contribution in [3.8, 4) is 11.5 Å². The first-order valence-corrected chi connectivity index (χ1v) is 16.4. The lowest BCUT2D eigenvalue weighted by Crippen LogP contribution is -2.31. The third kappa shape index (κ3) is 6.94. The van der Waals surface area contributed by atoms with Gasteiger partial charge >= 0.3 is 0 Å². The van der Waals surface area contributed by atoms with E-state index in [1.807, 2.05) is 24.3 Å². The molecule has 1 aromatic heterocycles. The number of imide groups is 1. The maximum absolute atomic E-state index is 14.5. The van der Waals surface area contributed by atoms with E-state index in [9.17, 15) is 23.6 Å². The molecule has 0 aliphatic carbocycles. The SMILES string of the molecule is O=C(Nc1cccc(SC2CC(=O)N(c3ccc(-c4nc5ccccc5o4)cc3)C2=O)c1)C(=Cc1ccccc1F)NC(=O)c1ccccc1. The van der Waals surface area contributed by atoms with Crippen molar-refractivity contribution in [2.45, 2.75) is 16.6 Å². The summed E-state index contributed by atoms with van der Waals surface area (Å²) in [5.74, 6) is -2.03. The fourth-order valence-corrected chi connectivity index (χ4v) is 6.53. The van der Waals surface area contributed by atoms with Crippen LogP contribution in [0.2, 0.25) is 0 Å². The van der Waals surface area contributed by atoms with Gasteiger partial charge in [-0.2, -0.15) is 0 Å². The number of carbonyl (C=O) groups excluding carboxylic acids is 4. The fraction of sp³-hybridized carbons (Fsp3) is 0.0513. The third-order valence-corrected chi connectivity index (χ3v) is 9.05. The molecule has 2 N–H and O–H groups in total. The summed E-state index contributed by atoms with van der Waals surface area (Å²) in [6.07, 6.45) is 1.26. The highest BCUT2D eigenvalue weighted by atomic mass is 32.2. The van der Waals surface area contributed by atoms with Gasteiger partial charge in [0.1, 0.15) is 17.0 Å². The molecule has 246 valence electrons. The van der Waals surface area contributed by atoms with Crippen LogP contribution in [0.5, 0.6) is 0 Å². The maximum Gasteiger partial charge on any atom is 0.272 e. The Balaban J connectivity index is 1.05. The summed E-state index contributed by atoms with van der Waals surface area (Å²) >= 11 is 1.20. The number of hydrogen-bond donors (Lipinski definition) is 2. The quantitative estimate of drug-likeness (QED) is 0.120. The predicted molar refractivity (Wildman–Crippen MR) is 190 cm³/mol. The first-order valence-electron chi connectivity index (χ1n) is 15.6. The number of fused-ring (bicyclic) bond motifs is 1. The number of rotatable bonds is 9. The number of thioether (sulfide) groups is 1. The van der Waals surface area contributed by atoms with Gasteiger partial charge in [-0.1, -0.05) is 54.6 Å². The first kappa shape index (κ1) is 32.2. The number of nitrogens with one attached hydrogen (secondary N) is 2. The van der Waals surface area contributed by atoms with E-state index in [-0.39, 0.29) is 29.5 Å². The Hall–Kier alpha value is -6.33. The minimum atomic E-state index is -0.688. The number of carbonyl (C=O) groups is 4. The highest BCUT2D eigenvalue weighted by molar-refractivity contribution is 8.00. The summed E-state index contributed by atoms with van der Waals surface area (Å²) in [6, 6.07) is 35.3. The van der Waals surface area contributed by atoms with Crippen molar-refractivity contribution in [3.05, 3.63) is 150 Å². The number of halogens is 1. The number of hydrogen-bond acceptors (Lipinski definition) is 7. The van der Waals surface area contributed by atoms with E-state index in [0.717, 1.165) is 5.52 Å². The van der Waals surface area contributed by atoms with E-state index < -0.39 is 22.9 Å². The number of anilines is 2. The topological polar surface area (TPSA) is 122 Å². The number of amides is 4. The van der Waals surface area contributed by atoms with Crippen molar-refractivity contribution in [1.82, 2.24) is 10.3 Å². The van der Waals surface area contributed by atoms with E-state index in [1.54, 1.807) is 84.9 Å². The molecule has 4 amide bonds. The van der Waals surface area contributed by atoms with Crippen molar-refractivity contribution < 1.29 is 28.0 Å². The van der Waals surface area contributed by atoms with Gasteiger partial charge in [-0.25, -0.2) is 14.3 Å². The van der Waals surface area contributed by atoms with Gasteiger partial charge in [0.2, 0.25) is 17.7 Å². The maximum atomic E-state index is 14.5. The molecule has 0 bridgehead atoms. The molecule has 11 heteroatoms. The highest BCUT2D eigenvalue weighted by Crippen LogP contribution is 2.36. The average Bonchev–Trinajstić information content (AvgIpc) is 3.69. The molecular formula is C39H27FN4O5S. The van der Waals surface area contributed by atoms with Gasteiger partial charge in [-0.3, -0.25) is 19.2 Å². The lowest BCUT2D eigenvalue weighted by Gasteiger charge is -2.15. The molecule has 5 aromatic carbocycles. The van der Waals surface area contributed by atoms with Crippen LogP contribution in [-0.4, -0.2) is 33.9 Å². The molecule has 6 aromatic rings. The molecule has 9 nitrogen and oxygen atoms in total. The van der Waals surface area contributed by atoms with Crippen LogP contribution in [0.4, 0.5) is 15.8 Å². The van der Waals surface area contributed by atoms with Gasteiger partial charge in [0.15, 0.2) is 5.58 Å². The van der Waals surface area contributed by atoms with Crippen LogP contribution in [0, 0.1) is 5.82 Å². The van der Waals surface area contributed by atoms with Crippen LogP contribution in [0.1, 0.15) is 22.3 Å². The van der Waals surface area contributed by atoms with Crippen LogP contribution >= 0.6 is 11.8 Å². The second kappa shape index (κ2) is 14.0. The molecule has 1 atom stereocenters. The van der Waals surface area contributed by atoms with Gasteiger partial charge in [-0.15, -0.1) is 11.8 Å². The monoisotopic (exact) mass is 682 g/mol. The Morgan fingerprint density at radius 3 is 2.38 bits per heavy atom. The van der Waals surface area contributed by atoms with Crippen molar-refractivity contribution in [2.24, 2.45) is 0 Å². The van der Waals surface area contributed by atoms with Crippen LogP contribution < -0.4 is 15.5 Å². The van der Waals surface area contributed by atoms with E-state index in [0.29, 0.717) is 38.9 Å². The van der Waals surface area contributed by atoms with Gasteiger partial charge < -0.3 is 15.1 Å². The van der Waals surface area contributed by atoms with Crippen LogP contribution in [0.3, 0.4) is 0 Å². The Bertz CT molecular complexity index is 2250. The van der Waals surface area contributed by atoms with Crippen molar-refractivity contribution in [2.75, 3.05) is 10.2 Å². The Morgan fingerprint density at radius 2 is 1.60 bits per heavy atom. The zero-order chi connectivity index (χ0) is 34.6. The van der Waals surface area contributed by atoms with Crippen molar-refractivity contribution in [1.29, 1.82) is 0 Å². The largest absolute Gasteiger partial charge is 0.436 e. The van der Waals surface area contributed by atoms with E-state index in [4.69, 9.17) is 4.42 Å². The minimum absolute atomic E-state index is 0.00594. The molecule has 1 aliphatic rings. The molecule has 1 unspecified atom stereocenters. The van der Waals surface area contributed by atoms with Gasteiger partial charge in [-0.05, 0) is 78.9 Å². The molecule has 0 saturated carbocycles. The lowest BCUT2D eigenvalue weighted by atomic mass is 10.1. The van der Waals surface area contributed by atoms with E-state index in [1.165, 1.54) is 40.9 Å². The van der Waals surface area contributed by atoms with Crippen LogP contribution in [0.25, 0.3) is 28.6 Å². The molecule has 1 fully saturated rings. The molecule has 0 spiro atoms. The third-order valence-electron chi connectivity index (χ3n) is 7.88. The highest BCUT2D eigenvalue weighted by Gasteiger charge is 2.40. The van der Waals surface area contributed by atoms with Crippen LogP contribution in [-0.2, 0) is 14.4 Å². The minimum Gasteiger partial charge on any atom is -0.436 e. The molecule has 50 heavy (non-hydrogen) atoms. The zero-order valence-electron chi connectivity index (χ0n) is 26.2. The lowest BCUT2D eigenvalue weighted by molar-refractivity contribution is -0.121. The fourth-order valence-electron chi connectivity index (χ4n) is 5.42. The van der Waals surface area contributed by atoms with E-state index in [2.05, 4.69) is 15.6 Å². The van der Waals surface area contributed by atoms with Gasteiger partial charge in [0, 0.05) is 33.7 Å². The Labute approximate surface area is 289 Å². The van der Waals surface area contributed by atoms with Crippen LogP contribution in [0.15, 0.2) is 142 Å². The number of aromatic nitrogens is 1.